The molecule has 2 nitrogen and oxygen atoms in total. The lowest BCUT2D eigenvalue weighted by Crippen LogP contribution is -1.75. The summed E-state index contributed by atoms with van der Waals surface area (Å²) in [5.41, 5.74) is 0.411. The summed E-state index contributed by atoms with van der Waals surface area (Å²) in [4.78, 5) is 0. The van der Waals surface area contributed by atoms with Crippen molar-refractivity contribution in [2.75, 3.05) is 0 Å². The molecular formula is C7H3Cl2NO. The van der Waals surface area contributed by atoms with Crippen LogP contribution in [0.5, 0.6) is 0 Å². The van der Waals surface area contributed by atoms with Gasteiger partial charge < -0.3 is 5.21 Å². The molecule has 0 bridgehead atoms. The lowest BCUT2D eigenvalue weighted by atomic mass is 10.2. The van der Waals surface area contributed by atoms with Gasteiger partial charge in [-0.2, -0.15) is 0 Å². The molecule has 1 aromatic rings. The van der Waals surface area contributed by atoms with Crippen molar-refractivity contribution in [2.45, 2.75) is 0 Å². The fourth-order valence-corrected chi connectivity index (χ4v) is 0.982. The molecule has 0 aliphatic rings. The minimum absolute atomic E-state index is 0.300. The smallest absolute Gasteiger partial charge is 0.338 e. The van der Waals surface area contributed by atoms with E-state index in [2.05, 4.69) is 11.1 Å². The van der Waals surface area contributed by atoms with Crippen LogP contribution in [0, 0.1) is 11.3 Å². The quantitative estimate of drug-likeness (QED) is 0.574. The number of nitrogens with zero attached hydrogens (tertiary/aromatic N) is 1. The molecule has 0 aliphatic carbocycles. The van der Waals surface area contributed by atoms with E-state index >= 15 is 0 Å². The van der Waals surface area contributed by atoms with Crippen LogP contribution in [-0.4, -0.2) is 0 Å². The van der Waals surface area contributed by atoms with Gasteiger partial charge in [0.15, 0.2) is 0 Å². The first-order valence-corrected chi connectivity index (χ1v) is 3.53. The Morgan fingerprint density at radius 1 is 1.36 bits per heavy atom. The Morgan fingerprint density at radius 2 is 2.09 bits per heavy atom. The number of hydrogen-bond acceptors (Lipinski definition) is 1. The topological polar surface area (TPSA) is 27.4 Å². The van der Waals surface area contributed by atoms with Crippen LogP contribution < -0.4 is 0 Å². The first-order valence-electron chi connectivity index (χ1n) is 2.78. The number of hydrogen-bond donors (Lipinski definition) is 0. The summed E-state index contributed by atoms with van der Waals surface area (Å²) in [6.45, 7) is 0. The second kappa shape index (κ2) is 3.47. The number of benzene rings is 1. The van der Waals surface area contributed by atoms with Gasteiger partial charge in [0.25, 0.3) is 0 Å². The molecule has 0 amide bonds. The molecule has 11 heavy (non-hydrogen) atoms. The Morgan fingerprint density at radius 3 is 2.73 bits per heavy atom. The highest BCUT2D eigenvalue weighted by atomic mass is 35.5. The largest absolute Gasteiger partial charge is 0.498 e. The van der Waals surface area contributed by atoms with E-state index < -0.39 is 0 Å². The van der Waals surface area contributed by atoms with Gasteiger partial charge in [0.05, 0.1) is 10.0 Å². The molecular weight excluding hydrogens is 185 g/mol. The van der Waals surface area contributed by atoms with Crippen molar-refractivity contribution >= 4 is 23.2 Å². The average molecular weight is 188 g/mol. The summed E-state index contributed by atoms with van der Waals surface area (Å²) in [6, 6.07) is 7.07. The van der Waals surface area contributed by atoms with Crippen molar-refractivity contribution in [1.29, 1.82) is 0 Å². The van der Waals surface area contributed by atoms with E-state index in [-0.39, 0.29) is 0 Å². The molecule has 0 fully saturated rings. The molecule has 56 valence electrons. The summed E-state index contributed by atoms with van der Waals surface area (Å²) in [5, 5.41) is 12.9. The van der Waals surface area contributed by atoms with Gasteiger partial charge in [-0.25, -0.2) is 0 Å². The Hall–Kier alpha value is -0.910. The fraction of sp³-hybridized carbons (Fsp3) is 0. The van der Waals surface area contributed by atoms with Crippen LogP contribution in [-0.2, 0) is 0 Å². The fourth-order valence-electron chi connectivity index (χ4n) is 0.639. The van der Waals surface area contributed by atoms with Crippen molar-refractivity contribution in [1.82, 2.24) is 0 Å². The Labute approximate surface area is 73.8 Å². The van der Waals surface area contributed by atoms with E-state index in [1.807, 2.05) is 0 Å². The number of rotatable bonds is 0. The third-order valence-corrected chi connectivity index (χ3v) is 1.94. The van der Waals surface area contributed by atoms with Crippen LogP contribution in [0.4, 0.5) is 0 Å². The molecule has 4 heteroatoms. The van der Waals surface area contributed by atoms with Gasteiger partial charge in [0.2, 0.25) is 0 Å². The van der Waals surface area contributed by atoms with Gasteiger partial charge in [0, 0.05) is 5.01 Å². The molecule has 0 aliphatic heterocycles. The van der Waals surface area contributed by atoms with Gasteiger partial charge in [-0.1, -0.05) is 29.3 Å². The standard InChI is InChI=1S/C7H3Cl2NO/c8-6-3-1-2-5(4-10-11)7(6)9/h1-3H. The molecule has 0 saturated heterocycles. The Kier molecular flexibility index (Phi) is 2.58. The molecule has 0 atom stereocenters. The van der Waals surface area contributed by atoms with E-state index in [1.165, 1.54) is 0 Å². The highest BCUT2D eigenvalue weighted by Gasteiger charge is 2.04. The molecule has 1 aromatic carbocycles. The van der Waals surface area contributed by atoms with Crippen molar-refractivity contribution in [3.8, 4) is 6.07 Å². The second-order valence-electron chi connectivity index (χ2n) is 1.80. The van der Waals surface area contributed by atoms with E-state index in [9.17, 15) is 5.21 Å². The normalized spacial score (nSPS) is 8.55. The van der Waals surface area contributed by atoms with Gasteiger partial charge in [-0.3, -0.25) is 0 Å². The number of halogens is 2. The summed E-state index contributed by atoms with van der Waals surface area (Å²) in [6.07, 6.45) is 0. The maximum atomic E-state index is 9.77. The van der Waals surface area contributed by atoms with Gasteiger partial charge in [-0.15, -0.1) is 0 Å². The van der Waals surface area contributed by atoms with E-state index in [0.717, 1.165) is 0 Å². The lowest BCUT2D eigenvalue weighted by molar-refractivity contribution is 1.64. The molecule has 0 heterocycles. The van der Waals surface area contributed by atoms with Crippen LogP contribution in [0.25, 0.3) is 5.01 Å². The van der Waals surface area contributed by atoms with Crippen molar-refractivity contribution in [3.05, 3.63) is 44.0 Å². The second-order valence-corrected chi connectivity index (χ2v) is 2.59. The lowest BCUT2D eigenvalue weighted by Gasteiger charge is -1.92. The molecule has 0 N–H and O–H groups in total. The monoisotopic (exact) mass is 187 g/mol. The highest BCUT2D eigenvalue weighted by Crippen LogP contribution is 2.24. The van der Waals surface area contributed by atoms with Crippen LogP contribution in [0.3, 0.4) is 0 Å². The first kappa shape index (κ1) is 8.19. The summed E-state index contributed by atoms with van der Waals surface area (Å²) < 4.78 is 0. The third kappa shape index (κ3) is 1.76. The van der Waals surface area contributed by atoms with E-state index in [0.29, 0.717) is 15.6 Å². The molecule has 0 spiro atoms. The Bertz CT molecular complexity index is 327. The average Bonchev–Trinajstić information content (AvgIpc) is 1.99. The van der Waals surface area contributed by atoms with E-state index in [4.69, 9.17) is 23.2 Å². The third-order valence-electron chi connectivity index (χ3n) is 1.12. The van der Waals surface area contributed by atoms with Crippen molar-refractivity contribution in [3.63, 3.8) is 0 Å². The minimum atomic E-state index is 0.300. The first-order chi connectivity index (χ1) is 5.25. The van der Waals surface area contributed by atoms with Gasteiger partial charge >= 0.3 is 6.07 Å². The summed E-state index contributed by atoms with van der Waals surface area (Å²) in [5.74, 6) is 0. The zero-order valence-electron chi connectivity index (χ0n) is 5.34. The van der Waals surface area contributed by atoms with E-state index in [1.54, 1.807) is 18.2 Å². The summed E-state index contributed by atoms with van der Waals surface area (Å²) in [7, 11) is 0. The highest BCUT2D eigenvalue weighted by molar-refractivity contribution is 6.42. The zero-order chi connectivity index (χ0) is 8.27. The predicted octanol–water partition coefficient (Wildman–Crippen LogP) is 3.17. The molecule has 0 radical (unpaired) electrons. The maximum absolute atomic E-state index is 9.77. The zero-order valence-corrected chi connectivity index (χ0v) is 6.86. The van der Waals surface area contributed by atoms with Gasteiger partial charge in [0.1, 0.15) is 5.56 Å². The summed E-state index contributed by atoms with van der Waals surface area (Å²) >= 11 is 11.3. The van der Waals surface area contributed by atoms with Crippen LogP contribution in [0.2, 0.25) is 10.0 Å². The van der Waals surface area contributed by atoms with Crippen LogP contribution in [0.1, 0.15) is 5.56 Å². The predicted molar refractivity (Wildman–Crippen MR) is 46.2 cm³/mol. The molecule has 0 aromatic heterocycles. The maximum Gasteiger partial charge on any atom is 0.338 e. The van der Waals surface area contributed by atoms with Crippen LogP contribution >= 0.6 is 23.2 Å². The minimum Gasteiger partial charge on any atom is -0.498 e. The van der Waals surface area contributed by atoms with Crippen LogP contribution in [0.15, 0.2) is 18.2 Å². The van der Waals surface area contributed by atoms with Gasteiger partial charge in [-0.05, 0) is 12.1 Å². The molecule has 0 unspecified atom stereocenters. The Balaban J connectivity index is 3.23. The molecule has 1 rings (SSSR count). The van der Waals surface area contributed by atoms with Crippen molar-refractivity contribution < 1.29 is 0 Å². The molecule has 0 saturated carbocycles. The van der Waals surface area contributed by atoms with Crippen molar-refractivity contribution in [2.24, 2.45) is 0 Å². The SMILES string of the molecule is [O-][N+]#Cc1cccc(Cl)c1Cl.